The highest BCUT2D eigenvalue weighted by Gasteiger charge is 2.19. The van der Waals surface area contributed by atoms with Crippen LogP contribution >= 0.6 is 0 Å². The summed E-state index contributed by atoms with van der Waals surface area (Å²) in [6, 6.07) is 9.12. The predicted molar refractivity (Wildman–Crippen MR) is 65.1 cm³/mol. The second-order valence-electron chi connectivity index (χ2n) is 4.17. The van der Waals surface area contributed by atoms with E-state index in [0.717, 1.165) is 12.8 Å². The van der Waals surface area contributed by atoms with E-state index >= 15 is 0 Å². The van der Waals surface area contributed by atoms with E-state index in [1.54, 1.807) is 12.1 Å². The Labute approximate surface area is 97.3 Å². The number of rotatable bonds is 6. The highest BCUT2D eigenvalue weighted by atomic mass is 16.3. The molecule has 1 aromatic carbocycles. The average molecular weight is 220 g/mol. The summed E-state index contributed by atoms with van der Waals surface area (Å²) in [5.74, 6) is 0.325. The van der Waals surface area contributed by atoms with E-state index in [0.29, 0.717) is 17.9 Å². The van der Waals surface area contributed by atoms with E-state index in [9.17, 15) is 9.90 Å². The summed E-state index contributed by atoms with van der Waals surface area (Å²) in [5.41, 5.74) is 0.693. The first kappa shape index (κ1) is 12.9. The number of aliphatic hydroxyl groups is 1. The van der Waals surface area contributed by atoms with Crippen molar-refractivity contribution in [2.75, 3.05) is 0 Å². The van der Waals surface area contributed by atoms with Gasteiger partial charge in [0.05, 0.1) is 0 Å². The van der Waals surface area contributed by atoms with Crippen LogP contribution in [0.3, 0.4) is 0 Å². The van der Waals surface area contributed by atoms with Crippen molar-refractivity contribution >= 4 is 5.78 Å². The van der Waals surface area contributed by atoms with Crippen LogP contribution in [0, 0.1) is 5.92 Å². The monoisotopic (exact) mass is 220 g/mol. The van der Waals surface area contributed by atoms with Crippen LogP contribution in [0.1, 0.15) is 44.8 Å². The number of carbonyl (C=O) groups excluding carboxylic acids is 1. The zero-order valence-electron chi connectivity index (χ0n) is 10.0. The summed E-state index contributed by atoms with van der Waals surface area (Å²) in [5, 5.41) is 9.88. The van der Waals surface area contributed by atoms with Gasteiger partial charge in [-0.15, -0.1) is 0 Å². The van der Waals surface area contributed by atoms with Crippen LogP contribution in [-0.4, -0.2) is 10.9 Å². The maximum atomic E-state index is 11.8. The Bertz CT molecular complexity index is 315. The first-order chi connectivity index (χ1) is 7.69. The van der Waals surface area contributed by atoms with Gasteiger partial charge in [0.1, 0.15) is 6.10 Å². The predicted octanol–water partition coefficient (Wildman–Crippen LogP) is 3.12. The molecule has 0 saturated carbocycles. The Morgan fingerprint density at radius 3 is 2.25 bits per heavy atom. The number of hydrogen-bond acceptors (Lipinski definition) is 2. The van der Waals surface area contributed by atoms with Crippen LogP contribution in [0.5, 0.6) is 0 Å². The molecule has 0 amide bonds. The number of aliphatic hydroxyl groups excluding tert-OH is 1. The van der Waals surface area contributed by atoms with Gasteiger partial charge in [0.2, 0.25) is 0 Å². The molecule has 0 aromatic heterocycles. The van der Waals surface area contributed by atoms with Crippen molar-refractivity contribution in [1.29, 1.82) is 0 Å². The maximum absolute atomic E-state index is 11.8. The zero-order valence-corrected chi connectivity index (χ0v) is 10.0. The molecule has 16 heavy (non-hydrogen) atoms. The molecule has 0 heterocycles. The summed E-state index contributed by atoms with van der Waals surface area (Å²) >= 11 is 0. The molecular formula is C14H20O2. The number of benzene rings is 1. The molecule has 0 radical (unpaired) electrons. The summed E-state index contributed by atoms with van der Waals surface area (Å²) in [7, 11) is 0. The van der Waals surface area contributed by atoms with Gasteiger partial charge in [-0.2, -0.15) is 0 Å². The third-order valence-electron chi connectivity index (χ3n) is 3.06. The van der Waals surface area contributed by atoms with Gasteiger partial charge in [0.25, 0.3) is 0 Å². The summed E-state index contributed by atoms with van der Waals surface area (Å²) in [6.45, 7) is 4.16. The van der Waals surface area contributed by atoms with E-state index < -0.39 is 6.10 Å². The fourth-order valence-electron chi connectivity index (χ4n) is 1.79. The molecule has 1 unspecified atom stereocenters. The first-order valence-electron chi connectivity index (χ1n) is 5.94. The van der Waals surface area contributed by atoms with Crippen molar-refractivity contribution in [3.8, 4) is 0 Å². The van der Waals surface area contributed by atoms with E-state index in [4.69, 9.17) is 0 Å². The lowest BCUT2D eigenvalue weighted by molar-refractivity contribution is -0.128. The topological polar surface area (TPSA) is 37.3 Å². The van der Waals surface area contributed by atoms with E-state index in [2.05, 4.69) is 13.8 Å². The van der Waals surface area contributed by atoms with Crippen molar-refractivity contribution < 1.29 is 9.90 Å². The SMILES string of the molecule is CCC(CC)CC(=O)C(O)c1ccccc1. The molecule has 1 atom stereocenters. The smallest absolute Gasteiger partial charge is 0.166 e. The van der Waals surface area contributed by atoms with Gasteiger partial charge < -0.3 is 5.11 Å². The van der Waals surface area contributed by atoms with Gasteiger partial charge in [-0.3, -0.25) is 4.79 Å². The van der Waals surface area contributed by atoms with Crippen LogP contribution in [0.2, 0.25) is 0 Å². The molecule has 0 aliphatic carbocycles. The Balaban J connectivity index is 2.61. The lowest BCUT2D eigenvalue weighted by atomic mass is 9.93. The van der Waals surface area contributed by atoms with Gasteiger partial charge in [0.15, 0.2) is 5.78 Å². The maximum Gasteiger partial charge on any atom is 0.166 e. The van der Waals surface area contributed by atoms with Gasteiger partial charge in [-0.25, -0.2) is 0 Å². The summed E-state index contributed by atoms with van der Waals surface area (Å²) in [4.78, 5) is 11.8. The van der Waals surface area contributed by atoms with Gasteiger partial charge >= 0.3 is 0 Å². The van der Waals surface area contributed by atoms with Crippen molar-refractivity contribution in [2.24, 2.45) is 5.92 Å². The molecule has 1 rings (SSSR count). The van der Waals surface area contributed by atoms with Crippen LogP contribution in [0.25, 0.3) is 0 Å². The average Bonchev–Trinajstić information content (AvgIpc) is 2.35. The molecule has 2 nitrogen and oxygen atoms in total. The van der Waals surface area contributed by atoms with E-state index in [1.807, 2.05) is 18.2 Å². The van der Waals surface area contributed by atoms with E-state index in [1.165, 1.54) is 0 Å². The largest absolute Gasteiger partial charge is 0.381 e. The third kappa shape index (κ3) is 3.46. The van der Waals surface area contributed by atoms with Crippen molar-refractivity contribution in [1.82, 2.24) is 0 Å². The van der Waals surface area contributed by atoms with Crippen LogP contribution in [0.15, 0.2) is 30.3 Å². The third-order valence-corrected chi connectivity index (χ3v) is 3.06. The van der Waals surface area contributed by atoms with Crippen molar-refractivity contribution in [2.45, 2.75) is 39.2 Å². The molecule has 0 aliphatic rings. The minimum absolute atomic E-state index is 0.0695. The second kappa shape index (κ2) is 6.44. The number of hydrogen-bond donors (Lipinski definition) is 1. The summed E-state index contributed by atoms with van der Waals surface area (Å²) in [6.07, 6.45) is 1.50. The van der Waals surface area contributed by atoms with Gasteiger partial charge in [-0.05, 0) is 11.5 Å². The number of carbonyl (C=O) groups is 1. The molecule has 88 valence electrons. The summed E-state index contributed by atoms with van der Waals surface area (Å²) < 4.78 is 0. The van der Waals surface area contributed by atoms with Crippen molar-refractivity contribution in [3.05, 3.63) is 35.9 Å². The standard InChI is InChI=1S/C14H20O2/c1-3-11(4-2)10-13(15)14(16)12-8-6-5-7-9-12/h5-9,11,14,16H,3-4,10H2,1-2H3. The highest BCUT2D eigenvalue weighted by molar-refractivity contribution is 5.84. The Morgan fingerprint density at radius 1 is 1.19 bits per heavy atom. The fourth-order valence-corrected chi connectivity index (χ4v) is 1.79. The van der Waals surface area contributed by atoms with Crippen LogP contribution in [-0.2, 0) is 4.79 Å². The highest BCUT2D eigenvalue weighted by Crippen LogP contribution is 2.20. The molecule has 2 heteroatoms. The normalized spacial score (nSPS) is 12.8. The Kier molecular flexibility index (Phi) is 5.20. The quantitative estimate of drug-likeness (QED) is 0.799. The molecule has 1 N–H and O–H groups in total. The Hall–Kier alpha value is -1.15. The minimum Gasteiger partial charge on any atom is -0.381 e. The lowest BCUT2D eigenvalue weighted by Crippen LogP contribution is -2.15. The van der Waals surface area contributed by atoms with Crippen LogP contribution in [0.4, 0.5) is 0 Å². The Morgan fingerprint density at radius 2 is 1.75 bits per heavy atom. The second-order valence-corrected chi connectivity index (χ2v) is 4.17. The lowest BCUT2D eigenvalue weighted by Gasteiger charge is -2.14. The molecule has 0 spiro atoms. The molecule has 0 fully saturated rings. The molecule has 0 aliphatic heterocycles. The number of Topliss-reactive ketones (excluding diaryl/α,β-unsaturated/α-hetero) is 1. The molecular weight excluding hydrogens is 200 g/mol. The molecule has 0 bridgehead atoms. The minimum atomic E-state index is -0.957. The molecule has 1 aromatic rings. The zero-order chi connectivity index (χ0) is 12.0. The van der Waals surface area contributed by atoms with Crippen molar-refractivity contribution in [3.63, 3.8) is 0 Å². The first-order valence-corrected chi connectivity index (χ1v) is 5.94. The van der Waals surface area contributed by atoms with E-state index in [-0.39, 0.29) is 5.78 Å². The van der Waals surface area contributed by atoms with Gasteiger partial charge in [-0.1, -0.05) is 57.0 Å². The molecule has 0 saturated heterocycles. The fraction of sp³-hybridized carbons (Fsp3) is 0.500. The number of ketones is 1. The van der Waals surface area contributed by atoms with Gasteiger partial charge in [0, 0.05) is 6.42 Å². The van der Waals surface area contributed by atoms with Crippen LogP contribution < -0.4 is 0 Å².